The molecule has 15 heteroatoms. The Labute approximate surface area is 276 Å². The Hall–Kier alpha value is -3.56. The molecule has 0 aliphatic carbocycles. The van der Waals surface area contributed by atoms with Crippen molar-refractivity contribution < 1.29 is 47.5 Å². The number of ether oxygens (including phenoxy) is 2. The average Bonchev–Trinajstić information content (AvgIpc) is 3.01. The van der Waals surface area contributed by atoms with Crippen LogP contribution in [0.2, 0.25) is 0 Å². The summed E-state index contributed by atoms with van der Waals surface area (Å²) in [5, 5.41) is 14.4. The van der Waals surface area contributed by atoms with E-state index in [1.54, 1.807) is 24.1 Å². The summed E-state index contributed by atoms with van der Waals surface area (Å²) in [6.45, 7) is 3.48. The molecule has 0 saturated carbocycles. The number of aliphatic imine (C=N–C) groups is 1. The number of alkyl halides is 3. The van der Waals surface area contributed by atoms with Crippen LogP contribution in [-0.4, -0.2) is 108 Å². The number of methoxy groups -OCH3 is 2. The Morgan fingerprint density at radius 2 is 1.56 bits per heavy atom. The number of aliphatic hydroxyl groups excluding tert-OH is 1. The summed E-state index contributed by atoms with van der Waals surface area (Å²) >= 11 is 0.505. The Balaban J connectivity index is 0.000000935. The van der Waals surface area contributed by atoms with Crippen LogP contribution in [-0.2, 0) is 11.0 Å². The smallest absolute Gasteiger partial charge is 0.412 e. The first-order valence-electron chi connectivity index (χ1n) is 13.6. The zero-order valence-corrected chi connectivity index (χ0v) is 27.6. The number of benzene rings is 3. The van der Waals surface area contributed by atoms with Crippen molar-refractivity contribution in [3.8, 4) is 11.5 Å². The maximum atomic E-state index is 14.9. The molecule has 240 valence electrons. The van der Waals surface area contributed by atoms with E-state index in [1.807, 2.05) is 29.2 Å². The van der Waals surface area contributed by atoms with E-state index in [4.69, 9.17) is 29.5 Å². The molecule has 2 aliphatic rings. The molecule has 45 heavy (non-hydrogen) atoms. The molecule has 1 saturated heterocycles. The second-order valence-corrected chi connectivity index (χ2v) is 10.8. The van der Waals surface area contributed by atoms with Crippen LogP contribution in [0, 0.1) is 5.82 Å². The van der Waals surface area contributed by atoms with Crippen molar-refractivity contribution in [2.45, 2.75) is 16.4 Å². The molecule has 0 spiro atoms. The minimum absolute atomic E-state index is 0. The van der Waals surface area contributed by atoms with Crippen molar-refractivity contribution in [2.24, 2.45) is 4.99 Å². The summed E-state index contributed by atoms with van der Waals surface area (Å²) in [7, 11) is 4.05. The van der Waals surface area contributed by atoms with Crippen LogP contribution >= 0.6 is 0 Å². The molecule has 3 aromatic rings. The van der Waals surface area contributed by atoms with Gasteiger partial charge < -0.3 is 15.7 Å². The number of hydrogen-bond acceptors (Lipinski definition) is 8. The molecule has 0 bridgehead atoms. The second-order valence-electron chi connectivity index (χ2n) is 9.71. The number of rotatable bonds is 4. The van der Waals surface area contributed by atoms with Gasteiger partial charge in [-0.3, -0.25) is 4.79 Å². The first kappa shape index (κ1) is 37.6. The number of carbonyl (C=O) groups is 1. The van der Waals surface area contributed by atoms with Crippen LogP contribution < -0.4 is 19.3 Å². The average molecular weight is 647 g/mol. The van der Waals surface area contributed by atoms with Gasteiger partial charge in [0.25, 0.3) is 5.97 Å². The summed E-state index contributed by atoms with van der Waals surface area (Å²) in [6.07, 6.45) is -4.53. The van der Waals surface area contributed by atoms with Crippen LogP contribution in [0.3, 0.4) is 0 Å². The number of carboxylic acid groups (broad SMARTS) is 1. The topological polar surface area (TPSA) is 130 Å². The number of para-hydroxylation sites is 1. The van der Waals surface area contributed by atoms with Gasteiger partial charge in [-0.25, -0.2) is 0 Å². The fourth-order valence-corrected chi connectivity index (χ4v) is 5.99. The van der Waals surface area contributed by atoms with E-state index in [2.05, 4.69) is 4.90 Å². The summed E-state index contributed by atoms with van der Waals surface area (Å²) in [5.74, 6) is 0.189. The van der Waals surface area contributed by atoms with Gasteiger partial charge in [0.15, 0.2) is 0 Å². The fraction of sp³-hybridized carbons (Fsp3) is 0.333. The molecule has 0 unspecified atom stereocenters. The number of aliphatic hydroxyl groups is 1. The van der Waals surface area contributed by atoms with Gasteiger partial charge in [-0.15, -0.1) is 0 Å². The van der Waals surface area contributed by atoms with Gasteiger partial charge in [0.05, 0.1) is 0 Å². The third-order valence-corrected chi connectivity index (χ3v) is 8.17. The third-order valence-electron chi connectivity index (χ3n) is 7.03. The maximum Gasteiger partial charge on any atom is -0.412 e. The molecule has 0 aromatic heterocycles. The summed E-state index contributed by atoms with van der Waals surface area (Å²) in [4.78, 5) is 19.7. The van der Waals surface area contributed by atoms with Gasteiger partial charge in [0, 0.05) is 14.0 Å². The standard InChI is InChI=1S/C27H25F4N4O2.C2H4O2.CH4O.Na.H2O/c1-36-21-7-4-6-20(16-21)33-11-13-34(14-12-33)26-32-25-18(5-3-8-22(25)28)17-35(26)23-15-19(27(29,30)31)9-10-24(23)37-2;1-2(3)4;1-2;;/h3-10,15-17H,11-14H2,1-2H3;1H3,(H,3,4);2H,1H3;;1H2. The number of halogens is 4. The monoisotopic (exact) mass is 646 g/mol. The third kappa shape index (κ3) is 9.01. The van der Waals surface area contributed by atoms with E-state index in [0.717, 1.165) is 37.6 Å². The van der Waals surface area contributed by atoms with Crippen molar-refractivity contribution in [1.29, 1.82) is 0 Å². The van der Waals surface area contributed by atoms with E-state index in [9.17, 15) is 17.6 Å². The van der Waals surface area contributed by atoms with E-state index in [-0.39, 0.29) is 20.1 Å². The van der Waals surface area contributed by atoms with Crippen molar-refractivity contribution >= 4 is 56.9 Å². The van der Waals surface area contributed by atoms with E-state index < -0.39 is 23.5 Å². The van der Waals surface area contributed by atoms with Gasteiger partial charge in [-0.05, 0) is 0 Å². The number of aliphatic carboxylic acids is 1. The zero-order valence-electron chi connectivity index (χ0n) is 25.6. The minimum atomic E-state index is -4.53. The van der Waals surface area contributed by atoms with Crippen molar-refractivity contribution in [1.82, 2.24) is 4.90 Å². The maximum absolute atomic E-state index is 14.9. The molecule has 10 nitrogen and oxygen atoms in total. The molecular formula is C30H35F4N4NaO6. The largest absolute Gasteiger partial charge is 0.412 e. The SMILES string of the molecule is CC(=O)O.CO.COc1cccc(N2CCN(C3=Nc4c(F)cccc4[C@H]([Na])N3c3cc(C(F)(F)F)ccc3OC)CC2)c1.O. The van der Waals surface area contributed by atoms with E-state index >= 15 is 0 Å². The predicted molar refractivity (Wildman–Crippen MR) is 164 cm³/mol. The van der Waals surface area contributed by atoms with Gasteiger partial charge in [0.1, 0.15) is 0 Å². The van der Waals surface area contributed by atoms with Crippen molar-refractivity contribution in [2.75, 3.05) is 57.3 Å². The van der Waals surface area contributed by atoms with E-state index in [0.29, 0.717) is 71.4 Å². The number of nitrogens with zero attached hydrogens (tertiary/aromatic N) is 4. The minimum Gasteiger partial charge on any atom is -0.412 e. The summed E-state index contributed by atoms with van der Waals surface area (Å²) in [6, 6.07) is 16.0. The quantitative estimate of drug-likeness (QED) is 0.318. The second kappa shape index (κ2) is 16.7. The van der Waals surface area contributed by atoms with Crippen LogP contribution in [0.5, 0.6) is 11.5 Å². The molecule has 0 radical (unpaired) electrons. The molecule has 2 heterocycles. The Bertz CT molecular complexity index is 1460. The van der Waals surface area contributed by atoms with Crippen molar-refractivity contribution in [3.05, 3.63) is 77.6 Å². The first-order valence-corrected chi connectivity index (χ1v) is 14.8. The number of anilines is 2. The molecule has 2 aliphatic heterocycles. The molecular weight excluding hydrogens is 611 g/mol. The molecule has 4 N–H and O–H groups in total. The summed E-state index contributed by atoms with van der Waals surface area (Å²) < 4.78 is 66.5. The zero-order chi connectivity index (χ0) is 32.6. The Morgan fingerprint density at radius 1 is 0.956 bits per heavy atom. The normalized spacial score (nSPS) is 15.7. The summed E-state index contributed by atoms with van der Waals surface area (Å²) in [5.41, 5.74) is 1.37. The number of hydrogen-bond donors (Lipinski definition) is 2. The van der Waals surface area contributed by atoms with Gasteiger partial charge in [-0.1, -0.05) is 0 Å². The van der Waals surface area contributed by atoms with Crippen molar-refractivity contribution in [3.63, 3.8) is 0 Å². The van der Waals surface area contributed by atoms with Gasteiger partial charge >= 0.3 is 237 Å². The molecule has 1 atom stereocenters. The fourth-order valence-electron chi connectivity index (χ4n) is 5.02. The molecule has 0 amide bonds. The number of fused-ring (bicyclic) bond motifs is 1. The van der Waals surface area contributed by atoms with Gasteiger partial charge in [0.2, 0.25) is 0 Å². The van der Waals surface area contributed by atoms with E-state index in [1.165, 1.54) is 19.2 Å². The van der Waals surface area contributed by atoms with Crippen LogP contribution in [0.1, 0.15) is 21.3 Å². The predicted octanol–water partition coefficient (Wildman–Crippen LogP) is 4.23. The number of carboxylic acids is 1. The van der Waals surface area contributed by atoms with Crippen LogP contribution in [0.15, 0.2) is 65.7 Å². The number of guanidine groups is 1. The van der Waals surface area contributed by atoms with Gasteiger partial charge in [-0.2, -0.15) is 0 Å². The molecule has 5 rings (SSSR count). The Morgan fingerprint density at radius 3 is 2.13 bits per heavy atom. The molecule has 1 fully saturated rings. The van der Waals surface area contributed by atoms with Crippen LogP contribution in [0.25, 0.3) is 0 Å². The molecule has 3 aromatic carbocycles. The number of piperazine rings is 1. The Kier molecular flexibility index (Phi) is 13.9. The van der Waals surface area contributed by atoms with Crippen LogP contribution in [0.4, 0.5) is 34.6 Å². The first-order chi connectivity index (χ1) is 20.9.